The van der Waals surface area contributed by atoms with Crippen molar-refractivity contribution >= 4 is 16.6 Å². The Morgan fingerprint density at radius 1 is 1.35 bits per heavy atom. The van der Waals surface area contributed by atoms with Crippen LogP contribution in [0.1, 0.15) is 31.9 Å². The van der Waals surface area contributed by atoms with Crippen molar-refractivity contribution < 1.29 is 0 Å². The summed E-state index contributed by atoms with van der Waals surface area (Å²) in [6.07, 6.45) is 3.78. The van der Waals surface area contributed by atoms with Crippen molar-refractivity contribution in [2.45, 2.75) is 38.8 Å². The fourth-order valence-electron chi connectivity index (χ4n) is 3.26. The summed E-state index contributed by atoms with van der Waals surface area (Å²) in [6, 6.07) is 11.5. The smallest absolute Gasteiger partial charge is 0.137 e. The fourth-order valence-corrected chi connectivity index (χ4v) is 3.26. The van der Waals surface area contributed by atoms with Crippen LogP contribution in [0.4, 0.5) is 5.82 Å². The van der Waals surface area contributed by atoms with E-state index in [9.17, 15) is 0 Å². The van der Waals surface area contributed by atoms with Gasteiger partial charge < -0.3 is 10.2 Å². The van der Waals surface area contributed by atoms with Gasteiger partial charge in [-0.05, 0) is 37.8 Å². The van der Waals surface area contributed by atoms with Crippen molar-refractivity contribution in [3.05, 3.63) is 36.0 Å². The molecular weight excluding hydrogens is 246 g/mol. The first-order chi connectivity index (χ1) is 9.83. The van der Waals surface area contributed by atoms with E-state index in [2.05, 4.69) is 47.5 Å². The molecule has 1 aliphatic heterocycles. The number of anilines is 1. The van der Waals surface area contributed by atoms with E-state index in [1.807, 2.05) is 7.05 Å². The molecular formula is C17H23N3. The molecule has 0 radical (unpaired) electrons. The summed E-state index contributed by atoms with van der Waals surface area (Å²) in [7, 11) is 1.97. The summed E-state index contributed by atoms with van der Waals surface area (Å²) in [5.74, 6) is 1.18. The molecule has 0 amide bonds. The summed E-state index contributed by atoms with van der Waals surface area (Å²) in [5.41, 5.74) is 1.13. The first kappa shape index (κ1) is 13.4. The SMILES string of the molecule is CCC1CCCN1c1nc(CNC)cc2ccccc12. The maximum absolute atomic E-state index is 4.93. The number of hydrogen-bond donors (Lipinski definition) is 1. The van der Waals surface area contributed by atoms with Gasteiger partial charge in [-0.2, -0.15) is 0 Å². The number of nitrogens with zero attached hydrogens (tertiary/aromatic N) is 2. The van der Waals surface area contributed by atoms with Crippen LogP contribution in [0.5, 0.6) is 0 Å². The van der Waals surface area contributed by atoms with Gasteiger partial charge in [-0.25, -0.2) is 4.98 Å². The van der Waals surface area contributed by atoms with Gasteiger partial charge in [0.2, 0.25) is 0 Å². The normalized spacial score (nSPS) is 18.9. The molecule has 1 aromatic heterocycles. The molecule has 1 atom stereocenters. The Bertz CT molecular complexity index is 594. The summed E-state index contributed by atoms with van der Waals surface area (Å²) in [4.78, 5) is 7.45. The van der Waals surface area contributed by atoms with Gasteiger partial charge in [-0.3, -0.25) is 0 Å². The fraction of sp³-hybridized carbons (Fsp3) is 0.471. The summed E-state index contributed by atoms with van der Waals surface area (Å²) < 4.78 is 0. The van der Waals surface area contributed by atoms with Gasteiger partial charge in [-0.15, -0.1) is 0 Å². The molecule has 0 saturated carbocycles. The Labute approximate surface area is 121 Å². The highest BCUT2D eigenvalue weighted by Crippen LogP contribution is 2.32. The van der Waals surface area contributed by atoms with Gasteiger partial charge in [0.25, 0.3) is 0 Å². The average Bonchev–Trinajstić information content (AvgIpc) is 2.95. The molecule has 3 nitrogen and oxygen atoms in total. The predicted octanol–water partition coefficient (Wildman–Crippen LogP) is 3.33. The van der Waals surface area contributed by atoms with Crippen molar-refractivity contribution in [1.29, 1.82) is 0 Å². The molecule has 1 unspecified atom stereocenters. The number of nitrogens with one attached hydrogen (secondary N) is 1. The third-order valence-corrected chi connectivity index (χ3v) is 4.25. The molecule has 3 rings (SSSR count). The summed E-state index contributed by atoms with van der Waals surface area (Å²) >= 11 is 0. The van der Waals surface area contributed by atoms with E-state index >= 15 is 0 Å². The number of benzene rings is 1. The number of fused-ring (bicyclic) bond motifs is 1. The van der Waals surface area contributed by atoms with Crippen LogP contribution in [0.2, 0.25) is 0 Å². The average molecular weight is 269 g/mol. The third kappa shape index (κ3) is 2.38. The second-order valence-electron chi connectivity index (χ2n) is 5.59. The highest BCUT2D eigenvalue weighted by molar-refractivity contribution is 5.92. The van der Waals surface area contributed by atoms with Gasteiger partial charge in [0.15, 0.2) is 0 Å². The number of aromatic nitrogens is 1. The lowest BCUT2D eigenvalue weighted by Gasteiger charge is -2.26. The lowest BCUT2D eigenvalue weighted by atomic mass is 10.1. The lowest BCUT2D eigenvalue weighted by Crippen LogP contribution is -2.29. The van der Waals surface area contributed by atoms with Crippen LogP contribution in [0, 0.1) is 0 Å². The largest absolute Gasteiger partial charge is 0.353 e. The van der Waals surface area contributed by atoms with E-state index in [4.69, 9.17) is 4.98 Å². The van der Waals surface area contributed by atoms with E-state index in [-0.39, 0.29) is 0 Å². The van der Waals surface area contributed by atoms with E-state index in [0.29, 0.717) is 6.04 Å². The topological polar surface area (TPSA) is 28.2 Å². The van der Waals surface area contributed by atoms with E-state index in [1.165, 1.54) is 35.9 Å². The second kappa shape index (κ2) is 5.80. The second-order valence-corrected chi connectivity index (χ2v) is 5.59. The van der Waals surface area contributed by atoms with E-state index in [1.54, 1.807) is 0 Å². The molecule has 2 heterocycles. The molecule has 20 heavy (non-hydrogen) atoms. The molecule has 1 aromatic carbocycles. The lowest BCUT2D eigenvalue weighted by molar-refractivity contribution is 0.640. The van der Waals surface area contributed by atoms with Crippen molar-refractivity contribution in [1.82, 2.24) is 10.3 Å². The van der Waals surface area contributed by atoms with Gasteiger partial charge in [0, 0.05) is 24.5 Å². The molecule has 0 bridgehead atoms. The Morgan fingerprint density at radius 3 is 3.00 bits per heavy atom. The van der Waals surface area contributed by atoms with Gasteiger partial charge in [-0.1, -0.05) is 31.2 Å². The summed E-state index contributed by atoms with van der Waals surface area (Å²) in [6.45, 7) is 4.24. The minimum absolute atomic E-state index is 0.649. The van der Waals surface area contributed by atoms with Crippen molar-refractivity contribution in [3.63, 3.8) is 0 Å². The van der Waals surface area contributed by atoms with Crippen molar-refractivity contribution in [2.75, 3.05) is 18.5 Å². The highest BCUT2D eigenvalue weighted by atomic mass is 15.2. The van der Waals surface area contributed by atoms with Crippen molar-refractivity contribution in [2.24, 2.45) is 0 Å². The zero-order chi connectivity index (χ0) is 13.9. The number of rotatable bonds is 4. The maximum atomic E-state index is 4.93. The van der Waals surface area contributed by atoms with Gasteiger partial charge >= 0.3 is 0 Å². The molecule has 3 heteroatoms. The third-order valence-electron chi connectivity index (χ3n) is 4.25. The minimum atomic E-state index is 0.649. The predicted molar refractivity (Wildman–Crippen MR) is 85.2 cm³/mol. The van der Waals surface area contributed by atoms with Crippen LogP contribution in [0.25, 0.3) is 10.8 Å². The molecule has 0 spiro atoms. The van der Waals surface area contributed by atoms with Crippen LogP contribution in [-0.4, -0.2) is 24.6 Å². The van der Waals surface area contributed by atoms with Gasteiger partial charge in [0.05, 0.1) is 5.69 Å². The molecule has 106 valence electrons. The molecule has 1 fully saturated rings. The Kier molecular flexibility index (Phi) is 3.88. The minimum Gasteiger partial charge on any atom is -0.353 e. The zero-order valence-electron chi connectivity index (χ0n) is 12.4. The molecule has 1 N–H and O–H groups in total. The maximum Gasteiger partial charge on any atom is 0.137 e. The highest BCUT2D eigenvalue weighted by Gasteiger charge is 2.25. The Balaban J connectivity index is 2.11. The monoisotopic (exact) mass is 269 g/mol. The first-order valence-electron chi connectivity index (χ1n) is 7.63. The van der Waals surface area contributed by atoms with Crippen LogP contribution < -0.4 is 10.2 Å². The quantitative estimate of drug-likeness (QED) is 0.922. The van der Waals surface area contributed by atoms with Crippen LogP contribution in [-0.2, 0) is 6.54 Å². The number of hydrogen-bond acceptors (Lipinski definition) is 3. The van der Waals surface area contributed by atoms with Crippen LogP contribution >= 0.6 is 0 Å². The molecule has 1 aliphatic rings. The van der Waals surface area contributed by atoms with Gasteiger partial charge in [0.1, 0.15) is 5.82 Å². The number of pyridine rings is 1. The van der Waals surface area contributed by atoms with E-state index < -0.39 is 0 Å². The van der Waals surface area contributed by atoms with Crippen LogP contribution in [0.3, 0.4) is 0 Å². The van der Waals surface area contributed by atoms with Crippen molar-refractivity contribution in [3.8, 4) is 0 Å². The standard InChI is InChI=1S/C17H23N3/c1-3-15-8-6-10-20(15)17-16-9-5-4-7-13(16)11-14(19-17)12-18-2/h4-5,7,9,11,15,18H,3,6,8,10,12H2,1-2H3. The Morgan fingerprint density at radius 2 is 2.20 bits per heavy atom. The zero-order valence-corrected chi connectivity index (χ0v) is 12.4. The molecule has 0 aliphatic carbocycles. The van der Waals surface area contributed by atoms with E-state index in [0.717, 1.165) is 18.8 Å². The first-order valence-corrected chi connectivity index (χ1v) is 7.63. The molecule has 1 saturated heterocycles. The Hall–Kier alpha value is -1.61. The molecule has 2 aromatic rings. The van der Waals surface area contributed by atoms with Crippen LogP contribution in [0.15, 0.2) is 30.3 Å². The summed E-state index contributed by atoms with van der Waals surface area (Å²) in [5, 5.41) is 5.79.